The molecule has 15 heavy (non-hydrogen) atoms. The summed E-state index contributed by atoms with van der Waals surface area (Å²) in [5, 5.41) is 11.8. The molecule has 0 amide bonds. The van der Waals surface area contributed by atoms with Crippen molar-refractivity contribution in [1.82, 2.24) is 4.98 Å². The lowest BCUT2D eigenvalue weighted by Crippen LogP contribution is -2.06. The van der Waals surface area contributed by atoms with Crippen LogP contribution in [0.15, 0.2) is 22.8 Å². The highest BCUT2D eigenvalue weighted by Crippen LogP contribution is 2.10. The van der Waals surface area contributed by atoms with Gasteiger partial charge in [-0.1, -0.05) is 6.07 Å². The van der Waals surface area contributed by atoms with Gasteiger partial charge in [0.15, 0.2) is 0 Å². The topological polar surface area (TPSA) is 45.1 Å². The van der Waals surface area contributed by atoms with Crippen LogP contribution < -0.4 is 5.32 Å². The minimum atomic E-state index is 0.285. The average Bonchev–Trinajstić information content (AvgIpc) is 2.23. The van der Waals surface area contributed by atoms with E-state index < -0.39 is 0 Å². The molecule has 0 aliphatic heterocycles. The molecule has 0 atom stereocenters. The van der Waals surface area contributed by atoms with Crippen molar-refractivity contribution in [3.63, 3.8) is 0 Å². The Balaban J connectivity index is 2.10. The Morgan fingerprint density at radius 2 is 2.27 bits per heavy atom. The highest BCUT2D eigenvalue weighted by Gasteiger charge is 1.94. The third-order valence-corrected chi connectivity index (χ3v) is 3.23. The second kappa shape index (κ2) is 7.96. The number of hydrogen-bond acceptors (Lipinski definition) is 4. The van der Waals surface area contributed by atoms with Gasteiger partial charge in [-0.2, -0.15) is 11.8 Å². The van der Waals surface area contributed by atoms with E-state index in [4.69, 9.17) is 5.11 Å². The lowest BCUT2D eigenvalue weighted by Gasteiger charge is -2.05. The van der Waals surface area contributed by atoms with Crippen LogP contribution in [0, 0.1) is 0 Å². The Hall–Kier alpha value is -0.260. The number of hydrogen-bond donors (Lipinski definition) is 2. The molecule has 0 aromatic carbocycles. The van der Waals surface area contributed by atoms with Crippen molar-refractivity contribution in [3.8, 4) is 0 Å². The van der Waals surface area contributed by atoms with Crippen LogP contribution in [-0.2, 0) is 0 Å². The van der Waals surface area contributed by atoms with Gasteiger partial charge in [-0.3, -0.25) is 0 Å². The fourth-order valence-corrected chi connectivity index (χ4v) is 2.15. The van der Waals surface area contributed by atoms with Crippen molar-refractivity contribution in [2.24, 2.45) is 0 Å². The molecule has 1 heterocycles. The zero-order valence-corrected chi connectivity index (χ0v) is 10.9. The van der Waals surface area contributed by atoms with E-state index in [1.165, 1.54) is 0 Å². The molecular weight excluding hydrogens is 276 g/mol. The van der Waals surface area contributed by atoms with E-state index in [-0.39, 0.29) is 6.61 Å². The summed E-state index contributed by atoms with van der Waals surface area (Å²) in [7, 11) is 0. The summed E-state index contributed by atoms with van der Waals surface area (Å²) in [5.74, 6) is 2.95. The van der Waals surface area contributed by atoms with Gasteiger partial charge in [-0.05, 0) is 40.2 Å². The summed E-state index contributed by atoms with van der Waals surface area (Å²) >= 11 is 5.16. The quantitative estimate of drug-likeness (QED) is 0.598. The molecule has 2 N–H and O–H groups in total. The minimum absolute atomic E-state index is 0.285. The van der Waals surface area contributed by atoms with Crippen LogP contribution in [0.4, 0.5) is 5.82 Å². The monoisotopic (exact) mass is 290 g/mol. The summed E-state index contributed by atoms with van der Waals surface area (Å²) in [6, 6.07) is 5.81. The Bertz CT molecular complexity index is 286. The van der Waals surface area contributed by atoms with Gasteiger partial charge in [0.1, 0.15) is 10.4 Å². The van der Waals surface area contributed by atoms with Crippen molar-refractivity contribution in [3.05, 3.63) is 22.8 Å². The predicted molar refractivity (Wildman–Crippen MR) is 69.5 cm³/mol. The summed E-state index contributed by atoms with van der Waals surface area (Å²) in [5.41, 5.74) is 0. The second-order valence-corrected chi connectivity index (χ2v) is 5.00. The van der Waals surface area contributed by atoms with Gasteiger partial charge in [0.2, 0.25) is 0 Å². The van der Waals surface area contributed by atoms with E-state index in [1.807, 2.05) is 30.0 Å². The number of nitrogens with one attached hydrogen (secondary N) is 1. The number of aliphatic hydroxyl groups is 1. The molecule has 0 saturated carbocycles. The minimum Gasteiger partial charge on any atom is -0.396 e. The summed E-state index contributed by atoms with van der Waals surface area (Å²) < 4.78 is 0.848. The number of anilines is 1. The lowest BCUT2D eigenvalue weighted by molar-refractivity contribution is 0.296. The van der Waals surface area contributed by atoms with Gasteiger partial charge >= 0.3 is 0 Å². The largest absolute Gasteiger partial charge is 0.396 e. The smallest absolute Gasteiger partial charge is 0.127 e. The van der Waals surface area contributed by atoms with E-state index in [0.717, 1.165) is 34.9 Å². The molecule has 0 bridgehead atoms. The standard InChI is InChI=1S/C10H15BrN2OS/c11-9-3-1-4-10(13-9)12-5-8-15-7-2-6-14/h1,3-4,14H,2,5-8H2,(H,12,13). The molecule has 1 rings (SSSR count). The molecule has 0 radical (unpaired) electrons. The fraction of sp³-hybridized carbons (Fsp3) is 0.500. The Labute approximate surface area is 103 Å². The van der Waals surface area contributed by atoms with E-state index >= 15 is 0 Å². The van der Waals surface area contributed by atoms with Crippen molar-refractivity contribution >= 4 is 33.5 Å². The molecule has 0 unspecified atom stereocenters. The molecule has 3 nitrogen and oxygen atoms in total. The molecule has 0 saturated heterocycles. The van der Waals surface area contributed by atoms with E-state index in [0.29, 0.717) is 0 Å². The molecule has 0 fully saturated rings. The van der Waals surface area contributed by atoms with Crippen LogP contribution in [0.2, 0.25) is 0 Å². The molecule has 0 aliphatic carbocycles. The number of rotatable bonds is 7. The molecule has 1 aromatic heterocycles. The maximum Gasteiger partial charge on any atom is 0.127 e. The van der Waals surface area contributed by atoms with Gasteiger partial charge in [0.25, 0.3) is 0 Å². The predicted octanol–water partition coefficient (Wildman–Crippen LogP) is 2.37. The Kier molecular flexibility index (Phi) is 6.80. The Morgan fingerprint density at radius 1 is 1.40 bits per heavy atom. The number of aromatic nitrogens is 1. The van der Waals surface area contributed by atoms with Crippen molar-refractivity contribution in [1.29, 1.82) is 0 Å². The zero-order valence-electron chi connectivity index (χ0n) is 8.45. The van der Waals surface area contributed by atoms with Crippen LogP contribution >= 0.6 is 27.7 Å². The van der Waals surface area contributed by atoms with Crippen molar-refractivity contribution < 1.29 is 5.11 Å². The molecule has 0 aliphatic rings. The summed E-state index contributed by atoms with van der Waals surface area (Å²) in [6.07, 6.45) is 0.875. The first kappa shape index (κ1) is 12.8. The maximum atomic E-state index is 8.59. The molecule has 1 aromatic rings. The highest BCUT2D eigenvalue weighted by atomic mass is 79.9. The average molecular weight is 291 g/mol. The number of nitrogens with zero attached hydrogens (tertiary/aromatic N) is 1. The molecule has 5 heteroatoms. The number of pyridine rings is 1. The molecule has 84 valence electrons. The fourth-order valence-electron chi connectivity index (χ4n) is 1.03. The van der Waals surface area contributed by atoms with E-state index in [1.54, 1.807) is 0 Å². The number of halogens is 1. The van der Waals surface area contributed by atoms with Crippen molar-refractivity contribution in [2.75, 3.05) is 30.0 Å². The van der Waals surface area contributed by atoms with Gasteiger partial charge < -0.3 is 10.4 Å². The van der Waals surface area contributed by atoms with Crippen LogP contribution in [0.5, 0.6) is 0 Å². The third-order valence-electron chi connectivity index (χ3n) is 1.71. The van der Waals surface area contributed by atoms with Crippen LogP contribution in [0.3, 0.4) is 0 Å². The first-order valence-electron chi connectivity index (χ1n) is 4.88. The normalized spacial score (nSPS) is 10.3. The van der Waals surface area contributed by atoms with Gasteiger partial charge in [0, 0.05) is 18.9 Å². The van der Waals surface area contributed by atoms with Crippen LogP contribution in [-0.4, -0.2) is 34.7 Å². The van der Waals surface area contributed by atoms with Crippen molar-refractivity contribution in [2.45, 2.75) is 6.42 Å². The maximum absolute atomic E-state index is 8.59. The van der Waals surface area contributed by atoms with E-state index in [9.17, 15) is 0 Å². The number of aliphatic hydroxyl groups excluding tert-OH is 1. The van der Waals surface area contributed by atoms with Gasteiger partial charge in [0.05, 0.1) is 0 Å². The first-order chi connectivity index (χ1) is 7.33. The summed E-state index contributed by atoms with van der Waals surface area (Å²) in [4.78, 5) is 4.26. The molecular formula is C10H15BrN2OS. The SMILES string of the molecule is OCCCSCCNc1cccc(Br)n1. The van der Waals surface area contributed by atoms with Gasteiger partial charge in [-0.15, -0.1) is 0 Å². The van der Waals surface area contributed by atoms with Crippen LogP contribution in [0.1, 0.15) is 6.42 Å². The zero-order chi connectivity index (χ0) is 10.9. The first-order valence-corrected chi connectivity index (χ1v) is 6.83. The Morgan fingerprint density at radius 3 is 3.00 bits per heavy atom. The highest BCUT2D eigenvalue weighted by molar-refractivity contribution is 9.10. The van der Waals surface area contributed by atoms with E-state index in [2.05, 4.69) is 26.2 Å². The molecule has 0 spiro atoms. The summed E-state index contributed by atoms with van der Waals surface area (Å²) in [6.45, 7) is 1.19. The lowest BCUT2D eigenvalue weighted by atomic mass is 10.4. The van der Waals surface area contributed by atoms with Gasteiger partial charge in [-0.25, -0.2) is 4.98 Å². The third kappa shape index (κ3) is 6.02. The second-order valence-electron chi connectivity index (χ2n) is 2.96. The number of thioether (sulfide) groups is 1. The van der Waals surface area contributed by atoms with Crippen LogP contribution in [0.25, 0.3) is 0 Å².